The van der Waals surface area contributed by atoms with Crippen molar-refractivity contribution in [2.24, 2.45) is 5.92 Å². The number of ketones is 1. The Labute approximate surface area is 197 Å². The number of Topliss-reactive ketones (excluding diaryl/α,β-unsaturated/α-hetero) is 1. The van der Waals surface area contributed by atoms with Crippen LogP contribution in [0.25, 0.3) is 0 Å². The van der Waals surface area contributed by atoms with Crippen LogP contribution in [0, 0.1) is 12.8 Å². The number of carbonyl (C=O) groups is 3. The summed E-state index contributed by atoms with van der Waals surface area (Å²) in [6, 6.07) is 16.0. The van der Waals surface area contributed by atoms with Crippen molar-refractivity contribution in [1.82, 2.24) is 5.32 Å². The van der Waals surface area contributed by atoms with Crippen LogP contribution in [0.4, 0.5) is 5.69 Å². The van der Waals surface area contributed by atoms with Gasteiger partial charge in [0, 0.05) is 11.6 Å². The second kappa shape index (κ2) is 8.95. The smallest absolute Gasteiger partial charge is 0.323 e. The van der Waals surface area contributed by atoms with Crippen molar-refractivity contribution in [2.45, 2.75) is 32.0 Å². The highest BCUT2D eigenvalue weighted by atomic mass is 16.7. The van der Waals surface area contributed by atoms with Gasteiger partial charge in [0.1, 0.15) is 19.3 Å². The molecule has 3 aliphatic heterocycles. The van der Waals surface area contributed by atoms with E-state index in [1.54, 1.807) is 6.92 Å². The van der Waals surface area contributed by atoms with Gasteiger partial charge < -0.3 is 14.2 Å². The lowest BCUT2D eigenvalue weighted by Gasteiger charge is -2.38. The average Bonchev–Trinajstić information content (AvgIpc) is 3.50. The summed E-state index contributed by atoms with van der Waals surface area (Å²) in [5, 5.41) is 3.27. The Hall–Kier alpha value is -3.65. The Bertz CT molecular complexity index is 1140. The van der Waals surface area contributed by atoms with Crippen molar-refractivity contribution in [1.29, 1.82) is 0 Å². The molecule has 176 valence electrons. The normalized spacial score (nSPS) is 26.2. The van der Waals surface area contributed by atoms with E-state index in [0.29, 0.717) is 5.69 Å². The van der Waals surface area contributed by atoms with E-state index in [4.69, 9.17) is 14.2 Å². The van der Waals surface area contributed by atoms with Gasteiger partial charge in [0.05, 0.1) is 18.7 Å². The van der Waals surface area contributed by atoms with Crippen molar-refractivity contribution >= 4 is 23.3 Å². The van der Waals surface area contributed by atoms with Crippen LogP contribution in [-0.4, -0.2) is 49.7 Å². The van der Waals surface area contributed by atoms with Crippen LogP contribution in [0.2, 0.25) is 0 Å². The van der Waals surface area contributed by atoms with E-state index in [2.05, 4.69) is 5.32 Å². The number of piperidine rings is 1. The highest BCUT2D eigenvalue weighted by Crippen LogP contribution is 2.45. The lowest BCUT2D eigenvalue weighted by atomic mass is 9.76. The fourth-order valence-electron chi connectivity index (χ4n) is 5.00. The quantitative estimate of drug-likeness (QED) is 0.424. The number of rotatable bonds is 4. The highest BCUT2D eigenvalue weighted by Gasteiger charge is 2.59. The maximum absolute atomic E-state index is 13.9. The van der Waals surface area contributed by atoms with E-state index in [-0.39, 0.29) is 31.3 Å². The predicted molar refractivity (Wildman–Crippen MR) is 123 cm³/mol. The van der Waals surface area contributed by atoms with Gasteiger partial charge in [0.2, 0.25) is 0 Å². The maximum Gasteiger partial charge on any atom is 0.323 e. The minimum absolute atomic E-state index is 0.0445. The Morgan fingerprint density at radius 3 is 2.35 bits per heavy atom. The molecule has 34 heavy (non-hydrogen) atoms. The minimum Gasteiger partial charge on any atom is -0.465 e. The van der Waals surface area contributed by atoms with Gasteiger partial charge in [-0.15, -0.1) is 0 Å². The number of nitrogens with zero attached hydrogens (tertiary/aromatic N) is 1. The van der Waals surface area contributed by atoms with Gasteiger partial charge in [-0.1, -0.05) is 48.0 Å². The number of fused-ring (bicyclic) bond motifs is 1. The lowest BCUT2D eigenvalue weighted by molar-refractivity contribution is -0.145. The lowest BCUT2D eigenvalue weighted by Crippen LogP contribution is -2.58. The number of anilines is 1. The second-order valence-electron chi connectivity index (χ2n) is 8.54. The maximum atomic E-state index is 13.9. The van der Waals surface area contributed by atoms with Crippen molar-refractivity contribution < 1.29 is 28.6 Å². The number of nitrogens with one attached hydrogen (secondary N) is 1. The molecule has 3 heterocycles. The van der Waals surface area contributed by atoms with Crippen molar-refractivity contribution in [2.75, 3.05) is 24.7 Å². The molecule has 0 bridgehead atoms. The van der Waals surface area contributed by atoms with Gasteiger partial charge in [0.15, 0.2) is 11.4 Å². The Balaban J connectivity index is 1.68. The monoisotopic (exact) mass is 462 g/mol. The number of hydrogen-bond acceptors (Lipinski definition) is 7. The summed E-state index contributed by atoms with van der Waals surface area (Å²) in [5.41, 5.74) is 2.34. The van der Waals surface area contributed by atoms with E-state index in [1.807, 2.05) is 61.5 Å². The largest absolute Gasteiger partial charge is 0.465 e. The number of benzene rings is 2. The Morgan fingerprint density at radius 2 is 1.71 bits per heavy atom. The highest BCUT2D eigenvalue weighted by molar-refractivity contribution is 6.28. The molecular weight excluding hydrogens is 436 g/mol. The number of aryl methyl sites for hydroxylation is 1. The molecule has 0 radical (unpaired) electrons. The van der Waals surface area contributed by atoms with Gasteiger partial charge in [-0.2, -0.15) is 0 Å². The van der Waals surface area contributed by atoms with Crippen molar-refractivity contribution in [3.8, 4) is 0 Å². The molecule has 3 saturated heterocycles. The van der Waals surface area contributed by atoms with Crippen LogP contribution in [-0.2, 0) is 28.6 Å². The van der Waals surface area contributed by atoms with Crippen LogP contribution >= 0.6 is 0 Å². The van der Waals surface area contributed by atoms with Crippen LogP contribution in [0.3, 0.4) is 0 Å². The minimum atomic E-state index is -0.809. The first-order chi connectivity index (χ1) is 16.5. The number of amides is 1. The molecule has 5 rings (SSSR count). The average molecular weight is 463 g/mol. The van der Waals surface area contributed by atoms with Gasteiger partial charge in [-0.05, 0) is 31.5 Å². The third-order valence-corrected chi connectivity index (χ3v) is 6.49. The van der Waals surface area contributed by atoms with Crippen LogP contribution in [0.5, 0.6) is 0 Å². The zero-order valence-electron chi connectivity index (χ0n) is 19.0. The van der Waals surface area contributed by atoms with E-state index in [1.165, 1.54) is 4.90 Å². The third kappa shape index (κ3) is 3.64. The fraction of sp³-hybridized carbons (Fsp3) is 0.346. The summed E-state index contributed by atoms with van der Waals surface area (Å²) in [6.07, 6.45) is -0.743. The Morgan fingerprint density at radius 1 is 1.03 bits per heavy atom. The molecule has 1 amide bonds. The van der Waals surface area contributed by atoms with Crippen molar-refractivity contribution in [3.63, 3.8) is 0 Å². The van der Waals surface area contributed by atoms with E-state index in [9.17, 15) is 14.4 Å². The molecule has 3 aliphatic rings. The first-order valence-electron chi connectivity index (χ1n) is 11.4. The third-order valence-electron chi connectivity index (χ3n) is 6.49. The molecule has 0 aromatic heterocycles. The van der Waals surface area contributed by atoms with E-state index >= 15 is 0 Å². The molecular formula is C26H26N2O6. The number of esters is 1. The zero-order valence-corrected chi connectivity index (χ0v) is 19.0. The molecule has 3 fully saturated rings. The van der Waals surface area contributed by atoms with E-state index in [0.717, 1.165) is 11.1 Å². The number of hydrogen-bond donors (Lipinski definition) is 1. The molecule has 8 nitrogen and oxygen atoms in total. The molecule has 4 atom stereocenters. The zero-order chi connectivity index (χ0) is 23.8. The predicted octanol–water partition coefficient (Wildman–Crippen LogP) is 2.43. The van der Waals surface area contributed by atoms with Crippen molar-refractivity contribution in [3.05, 3.63) is 77.2 Å². The van der Waals surface area contributed by atoms with Gasteiger partial charge in [-0.25, -0.2) is 0 Å². The molecule has 8 heteroatoms. The summed E-state index contributed by atoms with van der Waals surface area (Å²) < 4.78 is 16.4. The number of carbonyl (C=O) groups excluding carboxylic acids is 3. The molecule has 1 unspecified atom stereocenters. The summed E-state index contributed by atoms with van der Waals surface area (Å²) in [7, 11) is 0. The molecule has 0 spiro atoms. The fourth-order valence-corrected chi connectivity index (χ4v) is 5.00. The van der Waals surface area contributed by atoms with Gasteiger partial charge in [0.25, 0.3) is 11.9 Å². The second-order valence-corrected chi connectivity index (χ2v) is 8.54. The van der Waals surface area contributed by atoms with Crippen LogP contribution in [0.1, 0.15) is 24.0 Å². The first kappa shape index (κ1) is 22.2. The van der Waals surface area contributed by atoms with Gasteiger partial charge in [-0.3, -0.25) is 24.6 Å². The standard InChI is InChI=1S/C26H26N2O6/c1-3-32-25(31)21-18(16-7-5-4-6-8-16)19-22(29)20(26-33-13-14-34-26)24(30)28(23(19)27-21)17-11-9-15(2)10-12-17/h4-12,18-19,21,23,27H,3,13-14H2,1-2H3/t18-,19+,21?,23-/m1/s1. The molecule has 2 aromatic carbocycles. The number of ether oxygens (including phenoxy) is 3. The molecule has 0 saturated carbocycles. The van der Waals surface area contributed by atoms with Gasteiger partial charge >= 0.3 is 5.97 Å². The first-order valence-corrected chi connectivity index (χ1v) is 11.4. The van der Waals surface area contributed by atoms with Crippen LogP contribution in [0.15, 0.2) is 66.1 Å². The molecule has 2 aromatic rings. The SMILES string of the molecule is CCOC(=O)C1N[C@H]2[C@H](C(=O)C(=C3OCCO3)C(=O)N2c2ccc(C)cc2)[C@H]1c1ccccc1. The molecule has 0 aliphatic carbocycles. The topological polar surface area (TPSA) is 94.2 Å². The Kier molecular flexibility index (Phi) is 5.83. The summed E-state index contributed by atoms with van der Waals surface area (Å²) in [5.74, 6) is -2.71. The summed E-state index contributed by atoms with van der Waals surface area (Å²) in [6.45, 7) is 4.44. The summed E-state index contributed by atoms with van der Waals surface area (Å²) in [4.78, 5) is 42.2. The van der Waals surface area contributed by atoms with E-state index < -0.39 is 41.7 Å². The summed E-state index contributed by atoms with van der Waals surface area (Å²) >= 11 is 0. The molecule has 1 N–H and O–H groups in total. The van der Waals surface area contributed by atoms with Crippen LogP contribution < -0.4 is 10.2 Å².